The van der Waals surface area contributed by atoms with Crippen molar-refractivity contribution in [3.8, 4) is 0 Å². The lowest BCUT2D eigenvalue weighted by Crippen LogP contribution is -2.57. The molecule has 2 aliphatic heterocycles. The van der Waals surface area contributed by atoms with Crippen molar-refractivity contribution in [2.45, 2.75) is 51.7 Å². The van der Waals surface area contributed by atoms with E-state index in [1.807, 2.05) is 4.90 Å². The number of carbonyl (C=O) groups excluding carboxylic acids is 1. The first-order chi connectivity index (χ1) is 8.52. The Kier molecular flexibility index (Phi) is 4.28. The Morgan fingerprint density at radius 3 is 2.94 bits per heavy atom. The molecule has 0 saturated carbocycles. The Hall–Kier alpha value is -0.610. The molecule has 0 aromatic carbocycles. The first kappa shape index (κ1) is 13.8. The van der Waals surface area contributed by atoms with Gasteiger partial charge in [-0.25, -0.2) is 0 Å². The van der Waals surface area contributed by atoms with Gasteiger partial charge >= 0.3 is 0 Å². The molecule has 1 amide bonds. The highest BCUT2D eigenvalue weighted by Crippen LogP contribution is 2.22. The van der Waals surface area contributed by atoms with Crippen LogP contribution < -0.4 is 5.32 Å². The minimum Gasteiger partial charge on any atom is -0.372 e. The highest BCUT2D eigenvalue weighted by Gasteiger charge is 2.34. The fourth-order valence-electron chi connectivity index (χ4n) is 2.98. The molecule has 0 aromatic rings. The largest absolute Gasteiger partial charge is 0.372 e. The van der Waals surface area contributed by atoms with Gasteiger partial charge in [0.25, 0.3) is 0 Å². The SMILES string of the molecule is CCC1CCNC(C(=O)N2CCOC(C)(C)C2)C1. The van der Waals surface area contributed by atoms with Crippen molar-refractivity contribution in [2.75, 3.05) is 26.2 Å². The zero-order valence-electron chi connectivity index (χ0n) is 11.9. The van der Waals surface area contributed by atoms with Crippen LogP contribution in [0.4, 0.5) is 0 Å². The normalized spacial score (nSPS) is 32.3. The monoisotopic (exact) mass is 254 g/mol. The van der Waals surface area contributed by atoms with Gasteiger partial charge in [-0.05, 0) is 39.2 Å². The second kappa shape index (κ2) is 5.57. The van der Waals surface area contributed by atoms with Crippen LogP contribution in [0.5, 0.6) is 0 Å². The molecule has 2 atom stereocenters. The van der Waals surface area contributed by atoms with Gasteiger partial charge in [0, 0.05) is 13.1 Å². The number of hydrogen-bond donors (Lipinski definition) is 1. The van der Waals surface area contributed by atoms with Crippen molar-refractivity contribution in [1.82, 2.24) is 10.2 Å². The van der Waals surface area contributed by atoms with Gasteiger partial charge in [0.15, 0.2) is 0 Å². The van der Waals surface area contributed by atoms with E-state index >= 15 is 0 Å². The van der Waals surface area contributed by atoms with Crippen molar-refractivity contribution >= 4 is 5.91 Å². The summed E-state index contributed by atoms with van der Waals surface area (Å²) in [5.74, 6) is 0.971. The molecule has 2 saturated heterocycles. The van der Waals surface area contributed by atoms with E-state index < -0.39 is 0 Å². The number of hydrogen-bond acceptors (Lipinski definition) is 3. The Balaban J connectivity index is 1.94. The first-order valence-corrected chi connectivity index (χ1v) is 7.18. The average molecular weight is 254 g/mol. The predicted molar refractivity (Wildman–Crippen MR) is 71.4 cm³/mol. The summed E-state index contributed by atoms with van der Waals surface area (Å²) in [6, 6.07) is 0.0256. The van der Waals surface area contributed by atoms with Crippen molar-refractivity contribution in [3.05, 3.63) is 0 Å². The van der Waals surface area contributed by atoms with Crippen LogP contribution in [0.3, 0.4) is 0 Å². The number of ether oxygens (including phenoxy) is 1. The van der Waals surface area contributed by atoms with E-state index in [0.29, 0.717) is 19.1 Å². The van der Waals surface area contributed by atoms with Gasteiger partial charge in [-0.1, -0.05) is 13.3 Å². The van der Waals surface area contributed by atoms with E-state index in [2.05, 4.69) is 26.1 Å². The maximum Gasteiger partial charge on any atom is 0.239 e. The minimum absolute atomic E-state index is 0.0256. The lowest BCUT2D eigenvalue weighted by molar-refractivity contribution is -0.149. The maximum atomic E-state index is 12.5. The second-order valence-electron chi connectivity index (χ2n) is 6.17. The quantitative estimate of drug-likeness (QED) is 0.810. The number of piperidine rings is 1. The van der Waals surface area contributed by atoms with Crippen LogP contribution in [0, 0.1) is 5.92 Å². The summed E-state index contributed by atoms with van der Waals surface area (Å²) in [4.78, 5) is 14.5. The topological polar surface area (TPSA) is 41.6 Å². The van der Waals surface area contributed by atoms with Gasteiger partial charge in [0.2, 0.25) is 5.91 Å². The number of nitrogens with zero attached hydrogens (tertiary/aromatic N) is 1. The number of carbonyl (C=O) groups is 1. The molecule has 4 nitrogen and oxygen atoms in total. The van der Waals surface area contributed by atoms with Crippen molar-refractivity contribution in [3.63, 3.8) is 0 Å². The summed E-state index contributed by atoms with van der Waals surface area (Å²) in [6.45, 7) is 9.39. The van der Waals surface area contributed by atoms with Gasteiger partial charge < -0.3 is 15.0 Å². The molecule has 0 spiro atoms. The zero-order chi connectivity index (χ0) is 13.2. The molecule has 1 N–H and O–H groups in total. The average Bonchev–Trinajstić information content (AvgIpc) is 2.37. The molecule has 0 radical (unpaired) electrons. The standard InChI is InChI=1S/C14H26N2O2/c1-4-11-5-6-15-12(9-11)13(17)16-7-8-18-14(2,3)10-16/h11-12,15H,4-10H2,1-3H3. The third-order valence-corrected chi connectivity index (χ3v) is 4.13. The first-order valence-electron chi connectivity index (χ1n) is 7.18. The summed E-state index contributed by atoms with van der Waals surface area (Å²) < 4.78 is 5.66. The Bertz CT molecular complexity index is 304. The number of nitrogens with one attached hydrogen (secondary N) is 1. The van der Waals surface area contributed by atoms with E-state index in [4.69, 9.17) is 4.74 Å². The van der Waals surface area contributed by atoms with Crippen LogP contribution in [0.25, 0.3) is 0 Å². The summed E-state index contributed by atoms with van der Waals surface area (Å²) in [5, 5.41) is 3.38. The third kappa shape index (κ3) is 3.23. The summed E-state index contributed by atoms with van der Waals surface area (Å²) in [5.41, 5.74) is -0.202. The molecule has 4 heteroatoms. The lowest BCUT2D eigenvalue weighted by atomic mass is 9.89. The molecule has 0 aromatic heterocycles. The molecule has 2 fully saturated rings. The smallest absolute Gasteiger partial charge is 0.239 e. The molecule has 0 bridgehead atoms. The van der Waals surface area contributed by atoms with E-state index in [1.165, 1.54) is 12.8 Å². The Morgan fingerprint density at radius 2 is 2.28 bits per heavy atom. The zero-order valence-corrected chi connectivity index (χ0v) is 11.9. The van der Waals surface area contributed by atoms with E-state index in [0.717, 1.165) is 19.5 Å². The highest BCUT2D eigenvalue weighted by molar-refractivity contribution is 5.82. The number of rotatable bonds is 2. The van der Waals surface area contributed by atoms with Crippen molar-refractivity contribution < 1.29 is 9.53 Å². The van der Waals surface area contributed by atoms with Crippen LogP contribution in [0.1, 0.15) is 40.0 Å². The van der Waals surface area contributed by atoms with Crippen molar-refractivity contribution in [2.24, 2.45) is 5.92 Å². The molecule has 18 heavy (non-hydrogen) atoms. The van der Waals surface area contributed by atoms with E-state index in [1.54, 1.807) is 0 Å². The van der Waals surface area contributed by atoms with Gasteiger partial charge in [0.05, 0.1) is 18.2 Å². The lowest BCUT2D eigenvalue weighted by Gasteiger charge is -2.40. The molecule has 104 valence electrons. The third-order valence-electron chi connectivity index (χ3n) is 4.13. The molecule has 2 aliphatic rings. The van der Waals surface area contributed by atoms with Gasteiger partial charge in [-0.2, -0.15) is 0 Å². The molecule has 2 heterocycles. The Labute approximate surface area is 110 Å². The predicted octanol–water partition coefficient (Wildman–Crippen LogP) is 1.40. The summed E-state index contributed by atoms with van der Waals surface area (Å²) in [7, 11) is 0. The number of amides is 1. The molecule has 2 unspecified atom stereocenters. The van der Waals surface area contributed by atoms with Crippen molar-refractivity contribution in [1.29, 1.82) is 0 Å². The second-order valence-corrected chi connectivity index (χ2v) is 6.17. The molecule has 0 aliphatic carbocycles. The van der Waals surface area contributed by atoms with Crippen LogP contribution in [0.15, 0.2) is 0 Å². The van der Waals surface area contributed by atoms with Crippen LogP contribution in [0.2, 0.25) is 0 Å². The molecular weight excluding hydrogens is 228 g/mol. The minimum atomic E-state index is -0.202. The maximum absolute atomic E-state index is 12.5. The Morgan fingerprint density at radius 1 is 1.50 bits per heavy atom. The van der Waals surface area contributed by atoms with Gasteiger partial charge in [0.1, 0.15) is 0 Å². The number of morpholine rings is 1. The molecular formula is C14H26N2O2. The fourth-order valence-corrected chi connectivity index (χ4v) is 2.98. The van der Waals surface area contributed by atoms with Crippen LogP contribution in [-0.4, -0.2) is 48.7 Å². The van der Waals surface area contributed by atoms with E-state index in [-0.39, 0.29) is 17.6 Å². The highest BCUT2D eigenvalue weighted by atomic mass is 16.5. The fraction of sp³-hybridized carbons (Fsp3) is 0.929. The van der Waals surface area contributed by atoms with Crippen LogP contribution >= 0.6 is 0 Å². The molecule has 2 rings (SSSR count). The van der Waals surface area contributed by atoms with Gasteiger partial charge in [-0.15, -0.1) is 0 Å². The van der Waals surface area contributed by atoms with Crippen LogP contribution in [-0.2, 0) is 9.53 Å². The summed E-state index contributed by atoms with van der Waals surface area (Å²) in [6.07, 6.45) is 3.38. The summed E-state index contributed by atoms with van der Waals surface area (Å²) >= 11 is 0. The van der Waals surface area contributed by atoms with Gasteiger partial charge in [-0.3, -0.25) is 4.79 Å². The van der Waals surface area contributed by atoms with E-state index in [9.17, 15) is 4.79 Å².